The fourth-order valence-electron chi connectivity index (χ4n) is 2.80. The number of aryl methyl sites for hydroxylation is 3. The average molecular weight is 307 g/mol. The highest BCUT2D eigenvalue weighted by molar-refractivity contribution is 5.91. The van der Waals surface area contributed by atoms with Crippen LogP contribution in [0.3, 0.4) is 0 Å². The molecule has 0 radical (unpaired) electrons. The second-order valence-corrected chi connectivity index (χ2v) is 5.87. The maximum Gasteiger partial charge on any atom is 0.224 e. The average Bonchev–Trinajstić information content (AvgIpc) is 2.85. The molecular weight excluding hydrogens is 286 g/mol. The van der Waals surface area contributed by atoms with Gasteiger partial charge in [-0.05, 0) is 56.5 Å². The van der Waals surface area contributed by atoms with Crippen molar-refractivity contribution in [2.45, 2.75) is 33.6 Å². The van der Waals surface area contributed by atoms with E-state index in [4.69, 9.17) is 0 Å². The van der Waals surface area contributed by atoms with Gasteiger partial charge < -0.3 is 9.72 Å². The van der Waals surface area contributed by atoms with Crippen LogP contribution in [0, 0.1) is 20.8 Å². The van der Waals surface area contributed by atoms with Gasteiger partial charge in [0.25, 0.3) is 0 Å². The van der Waals surface area contributed by atoms with Gasteiger partial charge in [-0.3, -0.25) is 4.79 Å². The maximum atomic E-state index is 12.3. The number of aromatic nitrogens is 2. The minimum Gasteiger partial charge on any atom is -0.326 e. The molecule has 0 spiro atoms. The number of nitrogens with one attached hydrogen (secondary N) is 1. The summed E-state index contributed by atoms with van der Waals surface area (Å²) in [6, 6.07) is 11.9. The van der Waals surface area contributed by atoms with E-state index in [2.05, 4.69) is 14.7 Å². The summed E-state index contributed by atoms with van der Waals surface area (Å²) in [6.07, 6.45) is 3.11. The van der Waals surface area contributed by atoms with Gasteiger partial charge in [0.1, 0.15) is 5.65 Å². The lowest BCUT2D eigenvalue weighted by molar-refractivity contribution is -0.116. The van der Waals surface area contributed by atoms with E-state index in [9.17, 15) is 4.79 Å². The Morgan fingerprint density at radius 1 is 1.13 bits per heavy atom. The second kappa shape index (κ2) is 6.24. The summed E-state index contributed by atoms with van der Waals surface area (Å²) in [5, 5.41) is 3.01. The Hall–Kier alpha value is -2.62. The van der Waals surface area contributed by atoms with Crippen LogP contribution in [0.4, 0.5) is 5.69 Å². The van der Waals surface area contributed by atoms with Crippen molar-refractivity contribution < 1.29 is 4.79 Å². The number of hydrogen-bond donors (Lipinski definition) is 1. The van der Waals surface area contributed by atoms with E-state index in [0.29, 0.717) is 12.8 Å². The van der Waals surface area contributed by atoms with Gasteiger partial charge in [-0.2, -0.15) is 0 Å². The third kappa shape index (κ3) is 3.11. The quantitative estimate of drug-likeness (QED) is 0.796. The summed E-state index contributed by atoms with van der Waals surface area (Å²) in [6.45, 7) is 6.07. The highest BCUT2D eigenvalue weighted by Crippen LogP contribution is 2.19. The third-order valence-corrected chi connectivity index (χ3v) is 4.30. The van der Waals surface area contributed by atoms with E-state index in [-0.39, 0.29) is 5.91 Å². The van der Waals surface area contributed by atoms with Gasteiger partial charge in [-0.25, -0.2) is 4.98 Å². The van der Waals surface area contributed by atoms with Crippen LogP contribution in [0.1, 0.15) is 28.9 Å². The van der Waals surface area contributed by atoms with Gasteiger partial charge >= 0.3 is 0 Å². The molecule has 0 bridgehead atoms. The van der Waals surface area contributed by atoms with Crippen molar-refractivity contribution in [3.05, 3.63) is 65.1 Å². The number of amides is 1. The molecule has 4 nitrogen and oxygen atoms in total. The lowest BCUT2D eigenvalue weighted by Crippen LogP contribution is -2.14. The normalized spacial score (nSPS) is 10.9. The molecule has 2 aromatic heterocycles. The first-order valence-electron chi connectivity index (χ1n) is 7.85. The van der Waals surface area contributed by atoms with Crippen LogP contribution in [0.25, 0.3) is 5.65 Å². The lowest BCUT2D eigenvalue weighted by Gasteiger charge is -2.10. The van der Waals surface area contributed by atoms with E-state index < -0.39 is 0 Å². The Morgan fingerprint density at radius 3 is 2.78 bits per heavy atom. The molecule has 0 unspecified atom stereocenters. The van der Waals surface area contributed by atoms with Crippen LogP contribution in [-0.2, 0) is 11.2 Å². The molecule has 4 heteroatoms. The first-order chi connectivity index (χ1) is 11.1. The Morgan fingerprint density at radius 2 is 1.96 bits per heavy atom. The Bertz CT molecular complexity index is 864. The zero-order valence-corrected chi connectivity index (χ0v) is 13.8. The van der Waals surface area contributed by atoms with Gasteiger partial charge in [-0.1, -0.05) is 18.2 Å². The fraction of sp³-hybridized carbons (Fsp3) is 0.263. The zero-order chi connectivity index (χ0) is 16.4. The van der Waals surface area contributed by atoms with Crippen LogP contribution < -0.4 is 5.32 Å². The first kappa shape index (κ1) is 15.3. The Labute approximate surface area is 136 Å². The number of nitrogens with zero attached hydrogens (tertiary/aromatic N) is 2. The Kier molecular flexibility index (Phi) is 4.15. The molecule has 0 saturated heterocycles. The molecule has 3 aromatic rings. The summed E-state index contributed by atoms with van der Waals surface area (Å²) in [5.41, 5.74) is 6.19. The summed E-state index contributed by atoms with van der Waals surface area (Å²) in [5.74, 6) is 0.0315. The molecule has 0 saturated carbocycles. The minimum atomic E-state index is 0.0315. The predicted octanol–water partition coefficient (Wildman–Crippen LogP) is 3.83. The Balaban J connectivity index is 1.71. The monoisotopic (exact) mass is 307 g/mol. The van der Waals surface area contributed by atoms with Crippen molar-refractivity contribution in [2.24, 2.45) is 0 Å². The van der Waals surface area contributed by atoms with Crippen molar-refractivity contribution in [3.8, 4) is 0 Å². The molecule has 23 heavy (non-hydrogen) atoms. The van der Waals surface area contributed by atoms with E-state index in [1.807, 2.05) is 63.4 Å². The summed E-state index contributed by atoms with van der Waals surface area (Å²) in [4.78, 5) is 16.8. The molecule has 1 aromatic carbocycles. The van der Waals surface area contributed by atoms with Gasteiger partial charge in [-0.15, -0.1) is 0 Å². The number of pyridine rings is 1. The van der Waals surface area contributed by atoms with E-state index in [0.717, 1.165) is 28.3 Å². The van der Waals surface area contributed by atoms with Crippen LogP contribution in [-0.4, -0.2) is 15.3 Å². The van der Waals surface area contributed by atoms with Gasteiger partial charge in [0.15, 0.2) is 0 Å². The summed E-state index contributed by atoms with van der Waals surface area (Å²) < 4.78 is 2.06. The van der Waals surface area contributed by atoms with Crippen molar-refractivity contribution in [1.82, 2.24) is 9.38 Å². The minimum absolute atomic E-state index is 0.0315. The third-order valence-electron chi connectivity index (χ3n) is 4.30. The lowest BCUT2D eigenvalue weighted by atomic mass is 10.1. The van der Waals surface area contributed by atoms with Gasteiger partial charge in [0.2, 0.25) is 5.91 Å². The number of fused-ring (bicyclic) bond motifs is 1. The molecular formula is C19H21N3O. The van der Waals surface area contributed by atoms with Crippen molar-refractivity contribution in [2.75, 3.05) is 5.32 Å². The summed E-state index contributed by atoms with van der Waals surface area (Å²) >= 11 is 0. The molecule has 0 aliphatic heterocycles. The number of anilines is 1. The molecule has 118 valence electrons. The number of benzene rings is 1. The number of imidazole rings is 1. The predicted molar refractivity (Wildman–Crippen MR) is 92.8 cm³/mol. The molecule has 0 fully saturated rings. The molecule has 3 rings (SSSR count). The van der Waals surface area contributed by atoms with Crippen molar-refractivity contribution in [3.63, 3.8) is 0 Å². The molecule has 0 aliphatic rings. The highest BCUT2D eigenvalue weighted by Gasteiger charge is 2.11. The zero-order valence-electron chi connectivity index (χ0n) is 13.8. The van der Waals surface area contributed by atoms with Gasteiger partial charge in [0, 0.05) is 24.0 Å². The highest BCUT2D eigenvalue weighted by atomic mass is 16.1. The number of hydrogen-bond acceptors (Lipinski definition) is 2. The van der Waals surface area contributed by atoms with Crippen molar-refractivity contribution >= 4 is 17.2 Å². The van der Waals surface area contributed by atoms with E-state index in [1.165, 1.54) is 5.56 Å². The van der Waals surface area contributed by atoms with E-state index >= 15 is 0 Å². The number of carbonyl (C=O) groups is 1. The summed E-state index contributed by atoms with van der Waals surface area (Å²) in [7, 11) is 0. The topological polar surface area (TPSA) is 46.4 Å². The van der Waals surface area contributed by atoms with Crippen LogP contribution in [0.15, 0.2) is 42.6 Å². The second-order valence-electron chi connectivity index (χ2n) is 5.87. The SMILES string of the molecule is Cc1cccc(NC(=O)CCc2c(C)nc3ccccn23)c1C. The smallest absolute Gasteiger partial charge is 0.224 e. The molecule has 2 heterocycles. The largest absolute Gasteiger partial charge is 0.326 e. The standard InChI is InChI=1S/C19H21N3O/c1-13-7-6-8-16(14(13)2)21-19(23)11-10-17-15(3)20-18-9-4-5-12-22(17)18/h4-9,12H,10-11H2,1-3H3,(H,21,23). The van der Waals surface area contributed by atoms with Crippen LogP contribution >= 0.6 is 0 Å². The number of rotatable bonds is 4. The molecule has 1 N–H and O–H groups in total. The molecule has 1 amide bonds. The molecule has 0 aliphatic carbocycles. The van der Waals surface area contributed by atoms with Crippen LogP contribution in [0.2, 0.25) is 0 Å². The maximum absolute atomic E-state index is 12.3. The van der Waals surface area contributed by atoms with Crippen molar-refractivity contribution in [1.29, 1.82) is 0 Å². The fourth-order valence-corrected chi connectivity index (χ4v) is 2.80. The first-order valence-corrected chi connectivity index (χ1v) is 7.85. The van der Waals surface area contributed by atoms with Gasteiger partial charge in [0.05, 0.1) is 5.69 Å². The van der Waals surface area contributed by atoms with Crippen LogP contribution in [0.5, 0.6) is 0 Å². The number of carbonyl (C=O) groups excluding carboxylic acids is 1. The molecule has 0 atom stereocenters. The van der Waals surface area contributed by atoms with E-state index in [1.54, 1.807) is 0 Å².